The molecule has 8 heteroatoms. The number of hydrogen-bond donors (Lipinski definition) is 1. The Bertz CT molecular complexity index is 807. The van der Waals surface area contributed by atoms with Crippen molar-refractivity contribution in [2.45, 2.75) is 6.92 Å². The van der Waals surface area contributed by atoms with E-state index < -0.39 is 0 Å². The number of amides is 2. The van der Waals surface area contributed by atoms with Gasteiger partial charge in [0.25, 0.3) is 0 Å². The molecule has 26 heavy (non-hydrogen) atoms. The number of rotatable bonds is 6. The number of halogens is 2. The Morgan fingerprint density at radius 1 is 1.00 bits per heavy atom. The van der Waals surface area contributed by atoms with Gasteiger partial charge in [-0.15, -0.1) is 0 Å². The van der Waals surface area contributed by atoms with Crippen LogP contribution >= 0.6 is 23.2 Å². The fourth-order valence-corrected chi connectivity index (χ4v) is 2.85. The normalized spacial score (nSPS) is 10.2. The molecule has 0 unspecified atom stereocenters. The molecule has 0 aliphatic rings. The fourth-order valence-electron chi connectivity index (χ4n) is 2.34. The van der Waals surface area contributed by atoms with Crippen LogP contribution in [0, 0.1) is 0 Å². The summed E-state index contributed by atoms with van der Waals surface area (Å²) in [7, 11) is 3.03. The predicted molar refractivity (Wildman–Crippen MR) is 103 cm³/mol. The molecule has 0 saturated heterocycles. The summed E-state index contributed by atoms with van der Waals surface area (Å²) < 4.78 is 10.4. The van der Waals surface area contributed by atoms with E-state index in [2.05, 4.69) is 5.32 Å². The van der Waals surface area contributed by atoms with Crippen LogP contribution in [0.3, 0.4) is 0 Å². The molecule has 0 saturated carbocycles. The number of benzene rings is 2. The summed E-state index contributed by atoms with van der Waals surface area (Å²) in [4.78, 5) is 25.6. The van der Waals surface area contributed by atoms with Gasteiger partial charge in [-0.3, -0.25) is 9.59 Å². The van der Waals surface area contributed by atoms with Gasteiger partial charge in [-0.2, -0.15) is 0 Å². The molecule has 0 radical (unpaired) electrons. The summed E-state index contributed by atoms with van der Waals surface area (Å²) in [5, 5.41) is 3.47. The largest absolute Gasteiger partial charge is 0.493 e. The average molecular weight is 397 g/mol. The molecule has 0 fully saturated rings. The molecule has 0 aromatic heterocycles. The molecule has 0 heterocycles. The van der Waals surface area contributed by atoms with Crippen molar-refractivity contribution in [3.05, 3.63) is 46.4 Å². The maximum Gasteiger partial charge on any atom is 0.244 e. The lowest BCUT2D eigenvalue weighted by molar-refractivity contribution is -0.120. The molecular weight excluding hydrogens is 379 g/mol. The number of methoxy groups -OCH3 is 2. The van der Waals surface area contributed by atoms with Crippen LogP contribution in [0.2, 0.25) is 10.0 Å². The summed E-state index contributed by atoms with van der Waals surface area (Å²) in [5.74, 6) is 0.328. The highest BCUT2D eigenvalue weighted by atomic mass is 35.5. The maximum absolute atomic E-state index is 12.4. The molecule has 2 rings (SSSR count). The Kier molecular flexibility index (Phi) is 6.71. The van der Waals surface area contributed by atoms with Crippen LogP contribution < -0.4 is 19.7 Å². The molecular formula is C18H18Cl2N2O4. The molecule has 6 nitrogen and oxygen atoms in total. The van der Waals surface area contributed by atoms with Crippen LogP contribution in [-0.4, -0.2) is 32.6 Å². The summed E-state index contributed by atoms with van der Waals surface area (Å²) in [6.45, 7) is 1.17. The average Bonchev–Trinajstić information content (AvgIpc) is 2.58. The van der Waals surface area contributed by atoms with Gasteiger partial charge in [0.2, 0.25) is 11.8 Å². The van der Waals surface area contributed by atoms with Gasteiger partial charge in [0, 0.05) is 34.4 Å². The van der Waals surface area contributed by atoms with Crippen molar-refractivity contribution in [3.8, 4) is 11.5 Å². The molecule has 138 valence electrons. The van der Waals surface area contributed by atoms with Gasteiger partial charge >= 0.3 is 0 Å². The molecule has 2 amide bonds. The fraction of sp³-hybridized carbons (Fsp3) is 0.222. The Hall–Kier alpha value is -2.44. The Morgan fingerprint density at radius 2 is 1.62 bits per heavy atom. The van der Waals surface area contributed by atoms with Crippen molar-refractivity contribution in [3.63, 3.8) is 0 Å². The van der Waals surface area contributed by atoms with Crippen molar-refractivity contribution in [1.82, 2.24) is 0 Å². The number of ether oxygens (including phenoxy) is 2. The van der Waals surface area contributed by atoms with Crippen molar-refractivity contribution in [1.29, 1.82) is 0 Å². The van der Waals surface area contributed by atoms with E-state index in [0.717, 1.165) is 0 Å². The summed E-state index contributed by atoms with van der Waals surface area (Å²) >= 11 is 12.0. The second kappa shape index (κ2) is 8.78. The summed E-state index contributed by atoms with van der Waals surface area (Å²) in [5.41, 5.74) is 0.956. The van der Waals surface area contributed by atoms with E-state index >= 15 is 0 Å². The number of nitrogens with one attached hydrogen (secondary N) is 1. The standard InChI is InChI=1S/C18H18Cl2N2O4/c1-11(23)22(15-7-12(19)6-13(20)8-15)10-18(24)21-14-4-5-16(25-2)17(9-14)26-3/h4-9H,10H2,1-3H3,(H,21,24). The van der Waals surface area contributed by atoms with Gasteiger partial charge in [0.1, 0.15) is 6.54 Å². The topological polar surface area (TPSA) is 67.9 Å². The van der Waals surface area contributed by atoms with Crippen LogP contribution in [-0.2, 0) is 9.59 Å². The Labute approximate surface area is 161 Å². The molecule has 0 atom stereocenters. The first-order valence-electron chi connectivity index (χ1n) is 7.60. The first kappa shape index (κ1) is 19.9. The predicted octanol–water partition coefficient (Wildman–Crippen LogP) is 4.00. The first-order valence-corrected chi connectivity index (χ1v) is 8.35. The zero-order valence-corrected chi connectivity index (χ0v) is 16.0. The molecule has 0 bridgehead atoms. The summed E-state index contributed by atoms with van der Waals surface area (Å²) in [6.07, 6.45) is 0. The Morgan fingerprint density at radius 3 is 2.15 bits per heavy atom. The van der Waals surface area contributed by atoms with E-state index in [1.807, 2.05) is 0 Å². The van der Waals surface area contributed by atoms with Crippen molar-refractivity contribution < 1.29 is 19.1 Å². The lowest BCUT2D eigenvalue weighted by Crippen LogP contribution is -2.36. The van der Waals surface area contributed by atoms with E-state index in [1.54, 1.807) is 36.4 Å². The first-order chi connectivity index (χ1) is 12.3. The number of anilines is 2. The second-order valence-electron chi connectivity index (χ2n) is 5.35. The van der Waals surface area contributed by atoms with Crippen LogP contribution in [0.15, 0.2) is 36.4 Å². The van der Waals surface area contributed by atoms with Crippen molar-refractivity contribution in [2.24, 2.45) is 0 Å². The molecule has 2 aromatic rings. The van der Waals surface area contributed by atoms with Crippen LogP contribution in [0.25, 0.3) is 0 Å². The van der Waals surface area contributed by atoms with Gasteiger partial charge in [-0.05, 0) is 30.3 Å². The number of hydrogen-bond acceptors (Lipinski definition) is 4. The highest BCUT2D eigenvalue weighted by molar-refractivity contribution is 6.35. The third-order valence-corrected chi connectivity index (χ3v) is 3.94. The third kappa shape index (κ3) is 5.03. The minimum Gasteiger partial charge on any atom is -0.493 e. The zero-order chi connectivity index (χ0) is 19.3. The van der Waals surface area contributed by atoms with E-state index in [-0.39, 0.29) is 18.4 Å². The Balaban J connectivity index is 2.17. The van der Waals surface area contributed by atoms with Gasteiger partial charge in [0.15, 0.2) is 11.5 Å². The third-order valence-electron chi connectivity index (χ3n) is 3.51. The monoisotopic (exact) mass is 396 g/mol. The smallest absolute Gasteiger partial charge is 0.244 e. The molecule has 0 spiro atoms. The quantitative estimate of drug-likeness (QED) is 0.800. The van der Waals surface area contributed by atoms with E-state index in [0.29, 0.717) is 32.9 Å². The van der Waals surface area contributed by atoms with Crippen LogP contribution in [0.4, 0.5) is 11.4 Å². The van der Waals surface area contributed by atoms with Crippen LogP contribution in [0.5, 0.6) is 11.5 Å². The molecule has 2 aromatic carbocycles. The lowest BCUT2D eigenvalue weighted by atomic mass is 10.2. The van der Waals surface area contributed by atoms with Gasteiger partial charge in [-0.25, -0.2) is 0 Å². The minimum atomic E-state index is -0.386. The van der Waals surface area contributed by atoms with Crippen molar-refractivity contribution in [2.75, 3.05) is 31.0 Å². The van der Waals surface area contributed by atoms with E-state index in [1.165, 1.54) is 26.0 Å². The summed E-state index contributed by atoms with van der Waals surface area (Å²) in [6, 6.07) is 9.66. The number of carbonyl (C=O) groups excluding carboxylic acids is 2. The van der Waals surface area contributed by atoms with Gasteiger partial charge < -0.3 is 19.7 Å². The SMILES string of the molecule is COc1ccc(NC(=O)CN(C(C)=O)c2cc(Cl)cc(Cl)c2)cc1OC. The van der Waals surface area contributed by atoms with E-state index in [4.69, 9.17) is 32.7 Å². The molecule has 1 N–H and O–H groups in total. The number of nitrogens with zero attached hydrogens (tertiary/aromatic N) is 1. The lowest BCUT2D eigenvalue weighted by Gasteiger charge is -2.21. The van der Waals surface area contributed by atoms with E-state index in [9.17, 15) is 9.59 Å². The number of carbonyl (C=O) groups is 2. The maximum atomic E-state index is 12.4. The molecule has 0 aliphatic carbocycles. The highest BCUT2D eigenvalue weighted by Crippen LogP contribution is 2.30. The highest BCUT2D eigenvalue weighted by Gasteiger charge is 2.17. The molecule has 0 aliphatic heterocycles. The zero-order valence-electron chi connectivity index (χ0n) is 14.5. The van der Waals surface area contributed by atoms with Crippen molar-refractivity contribution >= 4 is 46.4 Å². The minimum absolute atomic E-state index is 0.194. The van der Waals surface area contributed by atoms with Crippen LogP contribution in [0.1, 0.15) is 6.92 Å². The van der Waals surface area contributed by atoms with Gasteiger partial charge in [0.05, 0.1) is 14.2 Å². The van der Waals surface area contributed by atoms with Gasteiger partial charge in [-0.1, -0.05) is 23.2 Å². The second-order valence-corrected chi connectivity index (χ2v) is 6.22.